The molecule has 4 heteroatoms. The number of benzene rings is 1. The van der Waals surface area contributed by atoms with E-state index in [0.29, 0.717) is 17.0 Å². The van der Waals surface area contributed by atoms with E-state index in [4.69, 9.17) is 9.15 Å². The van der Waals surface area contributed by atoms with Crippen LogP contribution in [0.1, 0.15) is 11.3 Å². The first kappa shape index (κ1) is 11.1. The van der Waals surface area contributed by atoms with Crippen molar-refractivity contribution >= 4 is 15.9 Å². The summed E-state index contributed by atoms with van der Waals surface area (Å²) in [5.41, 5.74) is 0.730. The zero-order chi connectivity index (χ0) is 11.5. The summed E-state index contributed by atoms with van der Waals surface area (Å²) in [5.74, 6) is 1.63. The van der Waals surface area contributed by atoms with Crippen molar-refractivity contribution in [2.75, 3.05) is 0 Å². The highest BCUT2D eigenvalue weighted by Gasteiger charge is 2.05. The molecule has 0 fully saturated rings. The second-order valence-corrected chi connectivity index (χ2v) is 4.18. The van der Waals surface area contributed by atoms with Crippen LogP contribution < -0.4 is 4.74 Å². The molecular weight excluding hydrogens is 272 g/mol. The van der Waals surface area contributed by atoms with Gasteiger partial charge in [0, 0.05) is 5.56 Å². The van der Waals surface area contributed by atoms with Gasteiger partial charge in [0.1, 0.15) is 23.9 Å². The second kappa shape index (κ2) is 4.61. The number of ether oxygens (including phenoxy) is 1. The van der Waals surface area contributed by atoms with Crippen molar-refractivity contribution in [3.8, 4) is 11.5 Å². The van der Waals surface area contributed by atoms with E-state index >= 15 is 0 Å². The van der Waals surface area contributed by atoms with Crippen LogP contribution in [-0.2, 0) is 6.61 Å². The minimum absolute atomic E-state index is 0.234. The van der Waals surface area contributed by atoms with E-state index < -0.39 is 0 Å². The molecular formula is C12H11BrO3. The minimum atomic E-state index is 0.234. The molecule has 1 aromatic carbocycles. The topological polar surface area (TPSA) is 42.6 Å². The maximum Gasteiger partial charge on any atom is 0.169 e. The predicted molar refractivity (Wildman–Crippen MR) is 63.6 cm³/mol. The van der Waals surface area contributed by atoms with Gasteiger partial charge in [0.05, 0.1) is 0 Å². The molecule has 3 nitrogen and oxygen atoms in total. The molecule has 0 aliphatic rings. The van der Waals surface area contributed by atoms with Crippen molar-refractivity contribution in [2.24, 2.45) is 0 Å². The molecule has 16 heavy (non-hydrogen) atoms. The molecule has 0 unspecified atom stereocenters. The molecule has 0 aliphatic heterocycles. The molecule has 2 rings (SSSR count). The molecule has 0 amide bonds. The number of furan rings is 1. The Hall–Kier alpha value is -1.42. The van der Waals surface area contributed by atoms with Crippen LogP contribution in [0.5, 0.6) is 11.5 Å². The summed E-state index contributed by atoms with van der Waals surface area (Å²) >= 11 is 3.22. The van der Waals surface area contributed by atoms with Gasteiger partial charge < -0.3 is 14.3 Å². The van der Waals surface area contributed by atoms with Crippen LogP contribution in [0.4, 0.5) is 0 Å². The van der Waals surface area contributed by atoms with Crippen LogP contribution in [0.15, 0.2) is 39.4 Å². The van der Waals surface area contributed by atoms with Gasteiger partial charge in [-0.1, -0.05) is 6.07 Å². The highest BCUT2D eigenvalue weighted by Crippen LogP contribution is 2.27. The molecule has 0 bridgehead atoms. The molecule has 0 aliphatic carbocycles. The first-order valence-electron chi connectivity index (χ1n) is 4.82. The number of phenolic OH excluding ortho intramolecular Hbond substituents is 1. The Kier molecular flexibility index (Phi) is 3.19. The Morgan fingerprint density at radius 1 is 1.31 bits per heavy atom. The highest BCUT2D eigenvalue weighted by molar-refractivity contribution is 9.10. The number of rotatable bonds is 3. The van der Waals surface area contributed by atoms with Crippen molar-refractivity contribution in [3.05, 3.63) is 46.3 Å². The van der Waals surface area contributed by atoms with Crippen molar-refractivity contribution < 1.29 is 14.3 Å². The van der Waals surface area contributed by atoms with Crippen LogP contribution in [0, 0.1) is 6.92 Å². The first-order valence-corrected chi connectivity index (χ1v) is 5.61. The molecule has 1 aromatic heterocycles. The first-order chi connectivity index (χ1) is 7.66. The average molecular weight is 283 g/mol. The van der Waals surface area contributed by atoms with Crippen LogP contribution in [0.2, 0.25) is 0 Å². The zero-order valence-corrected chi connectivity index (χ0v) is 10.3. The summed E-state index contributed by atoms with van der Waals surface area (Å²) in [7, 11) is 0. The lowest BCUT2D eigenvalue weighted by atomic mass is 10.2. The van der Waals surface area contributed by atoms with Crippen molar-refractivity contribution in [3.63, 3.8) is 0 Å². The SMILES string of the molecule is Cc1c(O)cccc1OCc1ccc(Br)o1. The minimum Gasteiger partial charge on any atom is -0.508 e. The summed E-state index contributed by atoms with van der Waals surface area (Å²) in [5, 5.41) is 9.49. The fourth-order valence-electron chi connectivity index (χ4n) is 1.34. The van der Waals surface area contributed by atoms with E-state index in [2.05, 4.69) is 15.9 Å². The summed E-state index contributed by atoms with van der Waals surface area (Å²) < 4.78 is 11.5. The van der Waals surface area contributed by atoms with E-state index in [0.717, 1.165) is 11.3 Å². The zero-order valence-electron chi connectivity index (χ0n) is 8.74. The summed E-state index contributed by atoms with van der Waals surface area (Å²) in [6, 6.07) is 8.84. The normalized spacial score (nSPS) is 10.4. The number of phenols is 1. The third-order valence-corrected chi connectivity index (χ3v) is 2.68. The van der Waals surface area contributed by atoms with Gasteiger partial charge in [-0.15, -0.1) is 0 Å². The van der Waals surface area contributed by atoms with Crippen LogP contribution >= 0.6 is 15.9 Å². The highest BCUT2D eigenvalue weighted by atomic mass is 79.9. The maximum absolute atomic E-state index is 9.49. The smallest absolute Gasteiger partial charge is 0.169 e. The van der Waals surface area contributed by atoms with Gasteiger partial charge in [-0.05, 0) is 47.1 Å². The lowest BCUT2D eigenvalue weighted by molar-refractivity contribution is 0.265. The Balaban J connectivity index is 2.07. The molecule has 1 heterocycles. The maximum atomic E-state index is 9.49. The standard InChI is InChI=1S/C12H11BrO3/c1-8-10(14)3-2-4-11(8)15-7-9-5-6-12(13)16-9/h2-6,14H,7H2,1H3. The van der Waals surface area contributed by atoms with Gasteiger partial charge in [0.15, 0.2) is 4.67 Å². The lowest BCUT2D eigenvalue weighted by Crippen LogP contribution is -1.95. The quantitative estimate of drug-likeness (QED) is 0.935. The Labute approximate surface area is 102 Å². The number of halogens is 1. The van der Waals surface area contributed by atoms with Crippen LogP contribution in [-0.4, -0.2) is 5.11 Å². The van der Waals surface area contributed by atoms with Crippen molar-refractivity contribution in [2.45, 2.75) is 13.5 Å². The van der Waals surface area contributed by atoms with Gasteiger partial charge in [0.2, 0.25) is 0 Å². The fourth-order valence-corrected chi connectivity index (χ4v) is 1.68. The van der Waals surface area contributed by atoms with Crippen LogP contribution in [0.3, 0.4) is 0 Å². The second-order valence-electron chi connectivity index (χ2n) is 3.39. The van der Waals surface area contributed by atoms with Crippen LogP contribution in [0.25, 0.3) is 0 Å². The van der Waals surface area contributed by atoms with E-state index in [-0.39, 0.29) is 5.75 Å². The third-order valence-electron chi connectivity index (χ3n) is 2.25. The molecule has 0 saturated heterocycles. The molecule has 0 spiro atoms. The predicted octanol–water partition coefficient (Wildman–Crippen LogP) is 3.64. The van der Waals surface area contributed by atoms with E-state index in [1.165, 1.54) is 0 Å². The molecule has 0 atom stereocenters. The Morgan fingerprint density at radius 3 is 2.81 bits per heavy atom. The lowest BCUT2D eigenvalue weighted by Gasteiger charge is -2.08. The van der Waals surface area contributed by atoms with Gasteiger partial charge in [-0.2, -0.15) is 0 Å². The molecule has 84 valence electrons. The molecule has 0 radical (unpaired) electrons. The average Bonchev–Trinajstić information content (AvgIpc) is 2.67. The molecule has 1 N–H and O–H groups in total. The fraction of sp³-hybridized carbons (Fsp3) is 0.167. The van der Waals surface area contributed by atoms with Gasteiger partial charge in [0.25, 0.3) is 0 Å². The van der Waals surface area contributed by atoms with E-state index in [9.17, 15) is 5.11 Å². The summed E-state index contributed by atoms with van der Waals surface area (Å²) in [6.45, 7) is 2.15. The number of aromatic hydroxyl groups is 1. The Bertz CT molecular complexity index is 491. The molecule has 0 saturated carbocycles. The van der Waals surface area contributed by atoms with E-state index in [1.807, 2.05) is 25.1 Å². The number of hydrogen-bond donors (Lipinski definition) is 1. The third kappa shape index (κ3) is 2.39. The molecule has 2 aromatic rings. The van der Waals surface area contributed by atoms with Crippen molar-refractivity contribution in [1.82, 2.24) is 0 Å². The van der Waals surface area contributed by atoms with Gasteiger partial charge in [-0.3, -0.25) is 0 Å². The van der Waals surface area contributed by atoms with E-state index in [1.54, 1.807) is 12.1 Å². The Morgan fingerprint density at radius 2 is 2.12 bits per heavy atom. The van der Waals surface area contributed by atoms with Gasteiger partial charge in [-0.25, -0.2) is 0 Å². The van der Waals surface area contributed by atoms with Gasteiger partial charge >= 0.3 is 0 Å². The summed E-state index contributed by atoms with van der Waals surface area (Å²) in [6.07, 6.45) is 0. The largest absolute Gasteiger partial charge is 0.508 e. The monoisotopic (exact) mass is 282 g/mol. The summed E-state index contributed by atoms with van der Waals surface area (Å²) in [4.78, 5) is 0. The van der Waals surface area contributed by atoms with Crippen molar-refractivity contribution in [1.29, 1.82) is 0 Å². The number of hydrogen-bond acceptors (Lipinski definition) is 3.